The van der Waals surface area contributed by atoms with Gasteiger partial charge in [0.1, 0.15) is 0 Å². The van der Waals surface area contributed by atoms with E-state index in [1.807, 2.05) is 7.05 Å². The number of hydrogen-bond donors (Lipinski definition) is 1. The number of carbonyl (C=O) groups excluding carboxylic acids is 1. The quantitative estimate of drug-likeness (QED) is 0.785. The summed E-state index contributed by atoms with van der Waals surface area (Å²) >= 11 is 0. The Morgan fingerprint density at radius 2 is 1.82 bits per heavy atom. The Hall–Kier alpha value is -0.610. The van der Waals surface area contributed by atoms with Gasteiger partial charge in [-0.1, -0.05) is 19.3 Å². The molecule has 0 bridgehead atoms. The highest BCUT2D eigenvalue weighted by molar-refractivity contribution is 5.78. The van der Waals surface area contributed by atoms with Gasteiger partial charge in [0, 0.05) is 12.6 Å². The third-order valence-electron chi connectivity index (χ3n) is 5.55. The maximum absolute atomic E-state index is 12.7. The molecular weight excluding hydrogens is 274 g/mol. The summed E-state index contributed by atoms with van der Waals surface area (Å²) in [5.41, 5.74) is 0. The maximum atomic E-state index is 12.7. The Bertz CT molecular complexity index is 320. The Balaban J connectivity index is 1.74. The fourth-order valence-corrected chi connectivity index (χ4v) is 4.09. The summed E-state index contributed by atoms with van der Waals surface area (Å²) in [7, 11) is 2.03. The second kappa shape index (κ2) is 9.51. The van der Waals surface area contributed by atoms with E-state index >= 15 is 0 Å². The lowest BCUT2D eigenvalue weighted by Crippen LogP contribution is -2.47. The standard InChI is InChI=1S/C18H35N3O/c1-3-21(17-7-5-4-6-8-17)18(22)15-20-13-10-16(11-14-20)9-12-19-2/h16-17,19H,3-15H2,1-2H3. The number of nitrogens with zero attached hydrogens (tertiary/aromatic N) is 2. The first-order chi connectivity index (χ1) is 10.7. The Kier molecular flexibility index (Phi) is 7.67. The summed E-state index contributed by atoms with van der Waals surface area (Å²) in [5, 5.41) is 3.24. The van der Waals surface area contributed by atoms with Crippen LogP contribution in [0.2, 0.25) is 0 Å². The zero-order valence-corrected chi connectivity index (χ0v) is 14.6. The summed E-state index contributed by atoms with van der Waals surface area (Å²) in [6, 6.07) is 0.513. The van der Waals surface area contributed by atoms with E-state index in [0.717, 1.165) is 32.1 Å². The van der Waals surface area contributed by atoms with Crippen LogP contribution in [0.4, 0.5) is 0 Å². The smallest absolute Gasteiger partial charge is 0.236 e. The summed E-state index contributed by atoms with van der Waals surface area (Å²) in [4.78, 5) is 17.2. The molecule has 0 aromatic carbocycles. The number of likely N-dealkylation sites (N-methyl/N-ethyl adjacent to an activating group) is 1. The summed E-state index contributed by atoms with van der Waals surface area (Å²) in [5.74, 6) is 1.21. The van der Waals surface area contributed by atoms with Crippen molar-refractivity contribution < 1.29 is 4.79 Å². The largest absolute Gasteiger partial charge is 0.339 e. The summed E-state index contributed by atoms with van der Waals surface area (Å²) < 4.78 is 0. The first-order valence-electron chi connectivity index (χ1n) is 9.41. The van der Waals surface area contributed by atoms with Crippen LogP contribution in [0, 0.1) is 5.92 Å². The number of amides is 1. The van der Waals surface area contributed by atoms with E-state index in [2.05, 4.69) is 22.0 Å². The predicted octanol–water partition coefficient (Wildman–Crippen LogP) is 2.49. The van der Waals surface area contributed by atoms with E-state index in [9.17, 15) is 4.79 Å². The molecule has 1 amide bonds. The highest BCUT2D eigenvalue weighted by atomic mass is 16.2. The second-order valence-corrected chi connectivity index (χ2v) is 7.08. The lowest BCUT2D eigenvalue weighted by molar-refractivity contribution is -0.135. The van der Waals surface area contributed by atoms with Crippen molar-refractivity contribution in [1.29, 1.82) is 0 Å². The second-order valence-electron chi connectivity index (χ2n) is 7.08. The third-order valence-corrected chi connectivity index (χ3v) is 5.55. The van der Waals surface area contributed by atoms with Crippen molar-refractivity contribution in [3.05, 3.63) is 0 Å². The van der Waals surface area contributed by atoms with Crippen LogP contribution in [0.15, 0.2) is 0 Å². The van der Waals surface area contributed by atoms with Crippen molar-refractivity contribution in [1.82, 2.24) is 15.1 Å². The zero-order chi connectivity index (χ0) is 15.8. The fourth-order valence-electron chi connectivity index (χ4n) is 4.09. The van der Waals surface area contributed by atoms with Gasteiger partial charge in [0.2, 0.25) is 5.91 Å². The van der Waals surface area contributed by atoms with E-state index in [-0.39, 0.29) is 0 Å². The molecule has 1 aliphatic carbocycles. The summed E-state index contributed by atoms with van der Waals surface area (Å²) in [6.07, 6.45) is 10.2. The minimum absolute atomic E-state index is 0.364. The molecule has 0 unspecified atom stereocenters. The Morgan fingerprint density at radius 1 is 1.14 bits per heavy atom. The summed E-state index contributed by atoms with van der Waals surface area (Å²) in [6.45, 7) is 6.97. The molecule has 1 saturated heterocycles. The number of piperidine rings is 1. The molecule has 0 aromatic heterocycles. The van der Waals surface area contributed by atoms with Crippen molar-refractivity contribution in [3.63, 3.8) is 0 Å². The topological polar surface area (TPSA) is 35.6 Å². The first kappa shape index (κ1) is 17.7. The van der Waals surface area contributed by atoms with Gasteiger partial charge in [0.05, 0.1) is 6.54 Å². The van der Waals surface area contributed by atoms with Crippen LogP contribution >= 0.6 is 0 Å². The van der Waals surface area contributed by atoms with Gasteiger partial charge in [-0.3, -0.25) is 9.69 Å². The first-order valence-corrected chi connectivity index (χ1v) is 9.41. The normalized spacial score (nSPS) is 21.9. The molecule has 2 aliphatic rings. The number of likely N-dealkylation sites (tertiary alicyclic amines) is 1. The zero-order valence-electron chi connectivity index (χ0n) is 14.6. The van der Waals surface area contributed by atoms with Crippen LogP contribution in [-0.4, -0.2) is 61.5 Å². The number of rotatable bonds is 7. The molecule has 1 aliphatic heterocycles. The van der Waals surface area contributed by atoms with Crippen LogP contribution < -0.4 is 5.32 Å². The van der Waals surface area contributed by atoms with Gasteiger partial charge < -0.3 is 10.2 Å². The van der Waals surface area contributed by atoms with Gasteiger partial charge in [-0.15, -0.1) is 0 Å². The van der Waals surface area contributed by atoms with Crippen LogP contribution in [0.25, 0.3) is 0 Å². The third kappa shape index (κ3) is 5.24. The lowest BCUT2D eigenvalue weighted by Gasteiger charge is -2.37. The fraction of sp³-hybridized carbons (Fsp3) is 0.944. The maximum Gasteiger partial charge on any atom is 0.236 e. The van der Waals surface area contributed by atoms with Crippen LogP contribution in [-0.2, 0) is 4.79 Å². The minimum Gasteiger partial charge on any atom is -0.339 e. The Morgan fingerprint density at radius 3 is 2.41 bits per heavy atom. The van der Waals surface area contributed by atoms with Gasteiger partial charge in [-0.25, -0.2) is 0 Å². The number of carbonyl (C=O) groups is 1. The van der Waals surface area contributed by atoms with Crippen molar-refractivity contribution in [2.75, 3.05) is 39.8 Å². The highest BCUT2D eigenvalue weighted by Gasteiger charge is 2.27. The molecule has 22 heavy (non-hydrogen) atoms. The van der Waals surface area contributed by atoms with Crippen molar-refractivity contribution >= 4 is 5.91 Å². The SMILES string of the molecule is CCN(C(=O)CN1CCC(CCNC)CC1)C1CCCCC1. The molecule has 4 nitrogen and oxygen atoms in total. The number of nitrogens with one attached hydrogen (secondary N) is 1. The minimum atomic E-state index is 0.364. The van der Waals surface area contributed by atoms with Gasteiger partial charge in [0.15, 0.2) is 0 Å². The van der Waals surface area contributed by atoms with Crippen LogP contribution in [0.1, 0.15) is 58.3 Å². The van der Waals surface area contributed by atoms with Gasteiger partial charge >= 0.3 is 0 Å². The van der Waals surface area contributed by atoms with Crippen molar-refractivity contribution in [2.24, 2.45) is 5.92 Å². The molecule has 1 N–H and O–H groups in total. The predicted molar refractivity (Wildman–Crippen MR) is 92.0 cm³/mol. The average Bonchev–Trinajstić information content (AvgIpc) is 2.56. The van der Waals surface area contributed by atoms with Gasteiger partial charge in [-0.2, -0.15) is 0 Å². The van der Waals surface area contributed by atoms with E-state index in [4.69, 9.17) is 0 Å². The molecule has 0 aromatic rings. The lowest BCUT2D eigenvalue weighted by atomic mass is 9.93. The molecule has 128 valence electrons. The highest BCUT2D eigenvalue weighted by Crippen LogP contribution is 2.24. The molecule has 0 atom stereocenters. The Labute approximate surface area is 136 Å². The van der Waals surface area contributed by atoms with E-state index in [1.54, 1.807) is 0 Å². The molecular formula is C18H35N3O. The molecule has 0 spiro atoms. The molecule has 1 heterocycles. The van der Waals surface area contributed by atoms with E-state index < -0.39 is 0 Å². The number of hydrogen-bond acceptors (Lipinski definition) is 3. The van der Waals surface area contributed by atoms with E-state index in [1.165, 1.54) is 51.4 Å². The molecule has 1 saturated carbocycles. The van der Waals surface area contributed by atoms with Crippen molar-refractivity contribution in [2.45, 2.75) is 64.3 Å². The molecule has 0 radical (unpaired) electrons. The average molecular weight is 309 g/mol. The van der Waals surface area contributed by atoms with Gasteiger partial charge in [0.25, 0.3) is 0 Å². The van der Waals surface area contributed by atoms with Crippen molar-refractivity contribution in [3.8, 4) is 0 Å². The van der Waals surface area contributed by atoms with Crippen LogP contribution in [0.5, 0.6) is 0 Å². The van der Waals surface area contributed by atoms with E-state index in [0.29, 0.717) is 18.5 Å². The van der Waals surface area contributed by atoms with Crippen LogP contribution in [0.3, 0.4) is 0 Å². The molecule has 4 heteroatoms. The monoisotopic (exact) mass is 309 g/mol. The molecule has 2 fully saturated rings. The molecule has 2 rings (SSSR count). The van der Waals surface area contributed by atoms with Gasteiger partial charge in [-0.05, 0) is 71.6 Å².